The molecule has 3 heteroatoms. The third kappa shape index (κ3) is 6.33. The maximum Gasteiger partial charge on any atom is 0.312 e. The van der Waals surface area contributed by atoms with Gasteiger partial charge in [-0.2, -0.15) is 0 Å². The van der Waals surface area contributed by atoms with Crippen LogP contribution in [0.15, 0.2) is 0 Å². The molecule has 0 amide bonds. The first-order valence-electron chi connectivity index (χ1n) is 6.00. The third-order valence-corrected chi connectivity index (χ3v) is 2.41. The molecule has 0 radical (unpaired) electrons. The van der Waals surface area contributed by atoms with E-state index in [9.17, 15) is 9.90 Å². The summed E-state index contributed by atoms with van der Waals surface area (Å²) in [6.07, 6.45) is -0.444. The molecule has 0 unspecified atom stereocenters. The van der Waals surface area contributed by atoms with E-state index < -0.39 is 11.5 Å². The summed E-state index contributed by atoms with van der Waals surface area (Å²) in [7, 11) is 0. The van der Waals surface area contributed by atoms with E-state index in [-0.39, 0.29) is 24.4 Å². The van der Waals surface area contributed by atoms with E-state index in [0.29, 0.717) is 0 Å². The van der Waals surface area contributed by atoms with E-state index in [1.165, 1.54) is 0 Å². The van der Waals surface area contributed by atoms with Gasteiger partial charge in [-0.05, 0) is 33.6 Å². The van der Waals surface area contributed by atoms with E-state index >= 15 is 0 Å². The highest BCUT2D eigenvalue weighted by Crippen LogP contribution is 2.14. The molecule has 0 bridgehead atoms. The summed E-state index contributed by atoms with van der Waals surface area (Å²) in [6.45, 7) is 11.2. The van der Waals surface area contributed by atoms with E-state index in [1.54, 1.807) is 20.8 Å². The second kappa shape index (κ2) is 6.66. The van der Waals surface area contributed by atoms with Gasteiger partial charge in [0.05, 0.1) is 11.5 Å². The van der Waals surface area contributed by atoms with Gasteiger partial charge in [0.2, 0.25) is 0 Å². The Morgan fingerprint density at radius 3 is 2.24 bits per heavy atom. The molecule has 0 aliphatic rings. The molecule has 1 N–H and O–H groups in total. The number of rotatable bonds is 3. The van der Waals surface area contributed by atoms with Gasteiger partial charge in [-0.3, -0.25) is 4.79 Å². The monoisotopic (exact) mass is 240 g/mol. The molecule has 0 spiro atoms. The summed E-state index contributed by atoms with van der Waals surface area (Å²) in [5.41, 5.74) is -0.495. The van der Waals surface area contributed by atoms with Gasteiger partial charge in [-0.15, -0.1) is 0 Å². The van der Waals surface area contributed by atoms with Gasteiger partial charge < -0.3 is 9.84 Å². The van der Waals surface area contributed by atoms with Crippen LogP contribution in [0.5, 0.6) is 0 Å². The molecule has 0 aromatic carbocycles. The molecule has 0 rings (SSSR count). The average Bonchev–Trinajstić information content (AvgIpc) is 2.20. The maximum atomic E-state index is 11.4. The number of ether oxygens (including phenoxy) is 1. The van der Waals surface area contributed by atoms with Crippen molar-refractivity contribution in [2.24, 2.45) is 17.3 Å². The second-order valence-electron chi connectivity index (χ2n) is 5.67. The molecular weight excluding hydrogens is 216 g/mol. The van der Waals surface area contributed by atoms with Crippen molar-refractivity contribution < 1.29 is 14.6 Å². The van der Waals surface area contributed by atoms with Crippen molar-refractivity contribution in [1.29, 1.82) is 0 Å². The van der Waals surface area contributed by atoms with Crippen LogP contribution in [0.1, 0.15) is 41.5 Å². The Morgan fingerprint density at radius 1 is 1.29 bits per heavy atom. The average molecular weight is 240 g/mol. The van der Waals surface area contributed by atoms with E-state index in [4.69, 9.17) is 4.74 Å². The fourth-order valence-corrected chi connectivity index (χ4v) is 1.18. The molecule has 0 aliphatic carbocycles. The number of carbonyl (C=O) groups excluding carboxylic acids is 1. The van der Waals surface area contributed by atoms with Crippen molar-refractivity contribution in [3.63, 3.8) is 0 Å². The number of hydrogen-bond donors (Lipinski definition) is 1. The topological polar surface area (TPSA) is 46.5 Å². The Labute approximate surface area is 105 Å². The van der Waals surface area contributed by atoms with Crippen molar-refractivity contribution in [1.82, 2.24) is 0 Å². The maximum absolute atomic E-state index is 11.4. The highest BCUT2D eigenvalue weighted by atomic mass is 16.5. The van der Waals surface area contributed by atoms with Gasteiger partial charge >= 0.3 is 5.97 Å². The number of carbonyl (C=O) groups is 1. The van der Waals surface area contributed by atoms with E-state index in [1.807, 2.05) is 20.8 Å². The van der Waals surface area contributed by atoms with Crippen LogP contribution < -0.4 is 0 Å². The minimum absolute atomic E-state index is 0.0886. The summed E-state index contributed by atoms with van der Waals surface area (Å²) < 4.78 is 5.00. The van der Waals surface area contributed by atoms with Crippen LogP contribution in [0.2, 0.25) is 0 Å². The highest BCUT2D eigenvalue weighted by Gasteiger charge is 2.22. The van der Waals surface area contributed by atoms with Crippen molar-refractivity contribution in [2.75, 3.05) is 6.61 Å². The van der Waals surface area contributed by atoms with Crippen molar-refractivity contribution in [3.05, 3.63) is 0 Å². The molecule has 0 aromatic heterocycles. The lowest BCUT2D eigenvalue weighted by molar-refractivity contribution is -0.151. The van der Waals surface area contributed by atoms with Crippen molar-refractivity contribution in [3.8, 4) is 11.8 Å². The van der Waals surface area contributed by atoms with Crippen molar-refractivity contribution >= 4 is 5.97 Å². The molecule has 0 saturated heterocycles. The Bertz CT molecular complexity index is 302. The summed E-state index contributed by atoms with van der Waals surface area (Å²) in [4.78, 5) is 11.4. The van der Waals surface area contributed by atoms with Crippen LogP contribution in [-0.4, -0.2) is 23.8 Å². The Balaban J connectivity index is 4.10. The molecule has 0 saturated carbocycles. The molecule has 0 fully saturated rings. The van der Waals surface area contributed by atoms with Crippen LogP contribution in [0.3, 0.4) is 0 Å². The fraction of sp³-hybridized carbons (Fsp3) is 0.786. The lowest BCUT2D eigenvalue weighted by Crippen LogP contribution is -2.23. The Morgan fingerprint density at radius 2 is 1.82 bits per heavy atom. The predicted molar refractivity (Wildman–Crippen MR) is 68.2 cm³/mol. The van der Waals surface area contributed by atoms with Gasteiger partial charge in [-0.1, -0.05) is 25.7 Å². The zero-order valence-corrected chi connectivity index (χ0v) is 11.7. The minimum atomic E-state index is -0.495. The van der Waals surface area contributed by atoms with Crippen LogP contribution in [-0.2, 0) is 9.53 Å². The summed E-state index contributed by atoms with van der Waals surface area (Å²) in [5.74, 6) is 5.47. The van der Waals surface area contributed by atoms with Gasteiger partial charge in [-0.25, -0.2) is 0 Å². The molecule has 0 heterocycles. The number of aliphatic hydroxyl groups is 1. The van der Waals surface area contributed by atoms with Gasteiger partial charge in [0, 0.05) is 5.92 Å². The summed E-state index contributed by atoms with van der Waals surface area (Å²) >= 11 is 0. The summed E-state index contributed by atoms with van der Waals surface area (Å²) in [5, 5.41) is 9.72. The molecular formula is C14H24O3. The number of esters is 1. The zero-order chi connectivity index (χ0) is 13.6. The molecule has 98 valence electrons. The zero-order valence-electron chi connectivity index (χ0n) is 11.7. The standard InChI is InChI=1S/C14H24O3/c1-10(2)12(15)11(3)8-7-9-17-13(16)14(4,5)6/h10-12,15H,9H2,1-6H3/t11-,12+/m0/s1. The van der Waals surface area contributed by atoms with E-state index in [0.717, 1.165) is 0 Å². The van der Waals surface area contributed by atoms with Gasteiger partial charge in [0.1, 0.15) is 0 Å². The fourth-order valence-electron chi connectivity index (χ4n) is 1.18. The van der Waals surface area contributed by atoms with Gasteiger partial charge in [0.15, 0.2) is 6.61 Å². The molecule has 3 nitrogen and oxygen atoms in total. The quantitative estimate of drug-likeness (QED) is 0.608. The van der Waals surface area contributed by atoms with E-state index in [2.05, 4.69) is 11.8 Å². The first-order valence-corrected chi connectivity index (χ1v) is 6.00. The first-order chi connectivity index (χ1) is 7.66. The highest BCUT2D eigenvalue weighted by molar-refractivity contribution is 5.75. The van der Waals surface area contributed by atoms with Crippen LogP contribution >= 0.6 is 0 Å². The predicted octanol–water partition coefficient (Wildman–Crippen LogP) is 2.23. The number of hydrogen-bond acceptors (Lipinski definition) is 3. The first kappa shape index (κ1) is 16.0. The summed E-state index contributed by atoms with van der Waals surface area (Å²) in [6, 6.07) is 0. The lowest BCUT2D eigenvalue weighted by atomic mass is 9.95. The second-order valence-corrected chi connectivity index (χ2v) is 5.67. The number of aliphatic hydroxyl groups excluding tert-OH is 1. The lowest BCUT2D eigenvalue weighted by Gasteiger charge is -2.17. The van der Waals surface area contributed by atoms with Crippen molar-refractivity contribution in [2.45, 2.75) is 47.6 Å². The largest absolute Gasteiger partial charge is 0.452 e. The SMILES string of the molecule is CC(C)[C@@H](O)[C@@H](C)C#CCOC(=O)C(C)(C)C. The Hall–Kier alpha value is -1.01. The normalized spacial score (nSPS) is 14.8. The van der Waals surface area contributed by atoms with Crippen LogP contribution in [0.4, 0.5) is 0 Å². The molecule has 2 atom stereocenters. The smallest absolute Gasteiger partial charge is 0.312 e. The van der Waals surface area contributed by atoms with Crippen LogP contribution in [0, 0.1) is 29.1 Å². The van der Waals surface area contributed by atoms with Gasteiger partial charge in [0.25, 0.3) is 0 Å². The molecule has 17 heavy (non-hydrogen) atoms. The minimum Gasteiger partial charge on any atom is -0.452 e. The third-order valence-electron chi connectivity index (χ3n) is 2.41. The molecule has 0 aromatic rings. The van der Waals surface area contributed by atoms with Crippen LogP contribution in [0.25, 0.3) is 0 Å². The molecule has 0 aliphatic heterocycles. The Kier molecular flexibility index (Phi) is 6.26.